The Morgan fingerprint density at radius 1 is 1.17 bits per heavy atom. The van der Waals surface area contributed by atoms with Crippen LogP contribution in [0.2, 0.25) is 0 Å². The third-order valence-corrected chi connectivity index (χ3v) is 3.30. The van der Waals surface area contributed by atoms with E-state index >= 15 is 0 Å². The number of benzene rings is 1. The average Bonchev–Trinajstić information content (AvgIpc) is 2.57. The molecule has 0 spiro atoms. The fourth-order valence-corrected chi connectivity index (χ4v) is 2.06. The number of aryl methyl sites for hydroxylation is 1. The molecular formula is C17H25NO5. The second-order valence-corrected chi connectivity index (χ2v) is 5.02. The molecule has 0 aliphatic rings. The molecule has 0 saturated carbocycles. The molecule has 6 nitrogen and oxygen atoms in total. The summed E-state index contributed by atoms with van der Waals surface area (Å²) in [4.78, 5) is 23.2. The molecule has 0 heterocycles. The van der Waals surface area contributed by atoms with Gasteiger partial charge >= 0.3 is 5.97 Å². The van der Waals surface area contributed by atoms with Crippen molar-refractivity contribution in [3.05, 3.63) is 23.8 Å². The fourth-order valence-electron chi connectivity index (χ4n) is 2.06. The molecule has 1 aromatic carbocycles. The molecule has 0 aromatic heterocycles. The van der Waals surface area contributed by atoms with E-state index in [-0.39, 0.29) is 18.9 Å². The largest absolute Gasteiger partial charge is 0.493 e. The van der Waals surface area contributed by atoms with Gasteiger partial charge in [-0.1, -0.05) is 25.5 Å². The summed E-state index contributed by atoms with van der Waals surface area (Å²) in [6, 6.07) is 5.50. The molecule has 128 valence electrons. The number of para-hydroxylation sites is 1. The summed E-state index contributed by atoms with van der Waals surface area (Å²) in [7, 11) is 3.12. The van der Waals surface area contributed by atoms with E-state index < -0.39 is 5.97 Å². The van der Waals surface area contributed by atoms with Gasteiger partial charge in [-0.15, -0.1) is 0 Å². The Hall–Kier alpha value is -2.24. The normalized spacial score (nSPS) is 10.0. The van der Waals surface area contributed by atoms with E-state index in [1.807, 2.05) is 19.1 Å². The number of ether oxygens (including phenoxy) is 3. The Bertz CT molecular complexity index is 516. The highest BCUT2D eigenvalue weighted by Crippen LogP contribution is 2.31. The van der Waals surface area contributed by atoms with Gasteiger partial charge in [0, 0.05) is 13.0 Å². The lowest BCUT2D eigenvalue weighted by atomic mass is 10.1. The molecule has 0 aliphatic carbocycles. The predicted octanol–water partition coefficient (Wildman–Crippen LogP) is 2.10. The number of nitrogens with one attached hydrogen (secondary N) is 1. The Labute approximate surface area is 137 Å². The molecule has 0 aliphatic heterocycles. The minimum absolute atomic E-state index is 0.172. The zero-order valence-electron chi connectivity index (χ0n) is 14.0. The topological polar surface area (TPSA) is 73.9 Å². The van der Waals surface area contributed by atoms with Gasteiger partial charge in [-0.05, 0) is 24.5 Å². The standard InChI is InChI=1S/C17H25NO5/c1-4-5-11-18-15(19)12-23-16(20)10-9-13-7-6-8-14(21-2)17(13)22-3/h6-8H,4-5,9-12H2,1-3H3,(H,18,19). The van der Waals surface area contributed by atoms with Gasteiger partial charge in [0.1, 0.15) is 0 Å². The van der Waals surface area contributed by atoms with E-state index in [1.165, 1.54) is 0 Å². The summed E-state index contributed by atoms with van der Waals surface area (Å²) < 4.78 is 15.5. The number of hydrogen-bond donors (Lipinski definition) is 1. The SMILES string of the molecule is CCCCNC(=O)COC(=O)CCc1cccc(OC)c1OC. The molecule has 0 radical (unpaired) electrons. The molecule has 6 heteroatoms. The molecule has 1 rings (SSSR count). The molecule has 1 amide bonds. The van der Waals surface area contributed by atoms with E-state index in [9.17, 15) is 9.59 Å². The zero-order valence-corrected chi connectivity index (χ0v) is 14.0. The fraction of sp³-hybridized carbons (Fsp3) is 0.529. The van der Waals surface area contributed by atoms with E-state index in [4.69, 9.17) is 14.2 Å². The summed E-state index contributed by atoms with van der Waals surface area (Å²) in [5.74, 6) is 0.542. The second-order valence-electron chi connectivity index (χ2n) is 5.02. The minimum atomic E-state index is -0.416. The highest BCUT2D eigenvalue weighted by molar-refractivity contribution is 5.80. The zero-order chi connectivity index (χ0) is 17.1. The number of unbranched alkanes of at least 4 members (excludes halogenated alkanes) is 1. The molecular weight excluding hydrogens is 298 g/mol. The summed E-state index contributed by atoms with van der Waals surface area (Å²) in [5, 5.41) is 2.69. The van der Waals surface area contributed by atoms with Gasteiger partial charge in [0.05, 0.1) is 14.2 Å². The van der Waals surface area contributed by atoms with Crippen molar-refractivity contribution in [3.63, 3.8) is 0 Å². The van der Waals surface area contributed by atoms with Gasteiger partial charge < -0.3 is 19.5 Å². The summed E-state index contributed by atoms with van der Waals surface area (Å²) in [5.41, 5.74) is 0.858. The highest BCUT2D eigenvalue weighted by atomic mass is 16.5. The van der Waals surface area contributed by atoms with Gasteiger partial charge in [0.15, 0.2) is 18.1 Å². The lowest BCUT2D eigenvalue weighted by Crippen LogP contribution is -2.29. The van der Waals surface area contributed by atoms with Crippen LogP contribution in [0.3, 0.4) is 0 Å². The van der Waals surface area contributed by atoms with Gasteiger partial charge in [-0.25, -0.2) is 0 Å². The Balaban J connectivity index is 2.40. The first kappa shape index (κ1) is 18.8. The van der Waals surface area contributed by atoms with Crippen LogP contribution >= 0.6 is 0 Å². The van der Waals surface area contributed by atoms with E-state index in [0.29, 0.717) is 24.5 Å². The van der Waals surface area contributed by atoms with Gasteiger partial charge in [0.2, 0.25) is 0 Å². The van der Waals surface area contributed by atoms with Crippen molar-refractivity contribution in [2.75, 3.05) is 27.4 Å². The first-order valence-electron chi connectivity index (χ1n) is 7.74. The second kappa shape index (κ2) is 10.5. The van der Waals surface area contributed by atoms with Crippen LogP contribution in [0.4, 0.5) is 0 Å². The number of carbonyl (C=O) groups excluding carboxylic acids is 2. The Morgan fingerprint density at radius 3 is 2.61 bits per heavy atom. The smallest absolute Gasteiger partial charge is 0.306 e. The van der Waals surface area contributed by atoms with Gasteiger partial charge in [-0.2, -0.15) is 0 Å². The van der Waals surface area contributed by atoms with Crippen LogP contribution in [0.15, 0.2) is 18.2 Å². The minimum Gasteiger partial charge on any atom is -0.493 e. The van der Waals surface area contributed by atoms with Crippen molar-refractivity contribution in [3.8, 4) is 11.5 Å². The first-order chi connectivity index (χ1) is 11.1. The van der Waals surface area contributed by atoms with Crippen LogP contribution in [0.5, 0.6) is 11.5 Å². The summed E-state index contributed by atoms with van der Waals surface area (Å²) in [6.07, 6.45) is 2.54. The number of amides is 1. The monoisotopic (exact) mass is 323 g/mol. The summed E-state index contributed by atoms with van der Waals surface area (Å²) in [6.45, 7) is 2.41. The lowest BCUT2D eigenvalue weighted by Gasteiger charge is -2.12. The predicted molar refractivity (Wildman–Crippen MR) is 86.7 cm³/mol. The quantitative estimate of drug-likeness (QED) is 0.527. The van der Waals surface area contributed by atoms with Crippen molar-refractivity contribution < 1.29 is 23.8 Å². The number of methoxy groups -OCH3 is 2. The maximum absolute atomic E-state index is 11.7. The lowest BCUT2D eigenvalue weighted by molar-refractivity contribution is -0.148. The molecule has 0 saturated heterocycles. The molecule has 0 fully saturated rings. The Kier molecular flexibility index (Phi) is 8.57. The third kappa shape index (κ3) is 6.59. The molecule has 0 bridgehead atoms. The molecule has 0 unspecified atom stereocenters. The maximum Gasteiger partial charge on any atom is 0.306 e. The average molecular weight is 323 g/mol. The van der Waals surface area contributed by atoms with Crippen molar-refractivity contribution in [2.45, 2.75) is 32.6 Å². The molecule has 23 heavy (non-hydrogen) atoms. The van der Waals surface area contributed by atoms with Gasteiger partial charge in [-0.3, -0.25) is 9.59 Å². The van der Waals surface area contributed by atoms with Crippen LogP contribution in [-0.4, -0.2) is 39.2 Å². The van der Waals surface area contributed by atoms with Crippen LogP contribution in [-0.2, 0) is 20.7 Å². The van der Waals surface area contributed by atoms with Crippen molar-refractivity contribution in [1.82, 2.24) is 5.32 Å². The van der Waals surface area contributed by atoms with E-state index in [2.05, 4.69) is 5.32 Å². The van der Waals surface area contributed by atoms with Crippen LogP contribution in [0, 0.1) is 0 Å². The number of hydrogen-bond acceptors (Lipinski definition) is 5. The molecule has 1 aromatic rings. The van der Waals surface area contributed by atoms with Crippen molar-refractivity contribution in [1.29, 1.82) is 0 Å². The van der Waals surface area contributed by atoms with Crippen LogP contribution in [0.1, 0.15) is 31.7 Å². The third-order valence-electron chi connectivity index (χ3n) is 3.30. The number of esters is 1. The summed E-state index contributed by atoms with van der Waals surface area (Å²) >= 11 is 0. The van der Waals surface area contributed by atoms with E-state index in [0.717, 1.165) is 18.4 Å². The molecule has 0 atom stereocenters. The number of rotatable bonds is 10. The highest BCUT2D eigenvalue weighted by Gasteiger charge is 2.12. The first-order valence-corrected chi connectivity index (χ1v) is 7.74. The Morgan fingerprint density at radius 2 is 1.96 bits per heavy atom. The van der Waals surface area contributed by atoms with Crippen LogP contribution in [0.25, 0.3) is 0 Å². The molecule has 1 N–H and O–H groups in total. The van der Waals surface area contributed by atoms with Crippen molar-refractivity contribution in [2.24, 2.45) is 0 Å². The van der Waals surface area contributed by atoms with Crippen molar-refractivity contribution >= 4 is 11.9 Å². The van der Waals surface area contributed by atoms with E-state index in [1.54, 1.807) is 20.3 Å². The number of carbonyl (C=O) groups is 2. The van der Waals surface area contributed by atoms with Crippen LogP contribution < -0.4 is 14.8 Å². The van der Waals surface area contributed by atoms with Gasteiger partial charge in [0.25, 0.3) is 5.91 Å². The maximum atomic E-state index is 11.7.